The summed E-state index contributed by atoms with van der Waals surface area (Å²) < 4.78 is 0.366. The van der Waals surface area contributed by atoms with Crippen LogP contribution < -0.4 is 0 Å². The van der Waals surface area contributed by atoms with Crippen molar-refractivity contribution in [1.29, 1.82) is 0 Å². The van der Waals surface area contributed by atoms with Crippen LogP contribution in [0.5, 0.6) is 0 Å². The second kappa shape index (κ2) is 12.7. The molecule has 4 aliphatic carbocycles. The van der Waals surface area contributed by atoms with Gasteiger partial charge in [0, 0.05) is 0 Å². The number of benzene rings is 2. The molecule has 2 aromatic heterocycles. The van der Waals surface area contributed by atoms with Gasteiger partial charge in [-0.15, -0.1) is 0 Å². The summed E-state index contributed by atoms with van der Waals surface area (Å²) in [5.74, 6) is -0.447. The Morgan fingerprint density at radius 1 is 0.587 bits per heavy atom. The molecular weight excluding hydrogens is 735 g/mol. The molecule has 0 amide bonds. The van der Waals surface area contributed by atoms with E-state index in [9.17, 15) is 0 Å². The van der Waals surface area contributed by atoms with E-state index in [4.69, 9.17) is 17.0 Å². The third-order valence-electron chi connectivity index (χ3n) is 12.1. The van der Waals surface area contributed by atoms with Crippen LogP contribution in [0.25, 0.3) is 33.0 Å². The Bertz CT molecular complexity index is 1660. The Balaban J connectivity index is 1.38. The van der Waals surface area contributed by atoms with Gasteiger partial charge in [-0.1, -0.05) is 0 Å². The second-order valence-electron chi connectivity index (χ2n) is 14.8. The molecule has 0 N–H and O–H groups in total. The summed E-state index contributed by atoms with van der Waals surface area (Å²) in [7, 11) is 17.9. The Labute approximate surface area is 292 Å². The van der Waals surface area contributed by atoms with Crippen LogP contribution >= 0.6 is 39.7 Å². The van der Waals surface area contributed by atoms with Crippen molar-refractivity contribution < 1.29 is 15.6 Å². The van der Waals surface area contributed by atoms with Crippen molar-refractivity contribution in [3.8, 4) is 20.9 Å². The van der Waals surface area contributed by atoms with Crippen LogP contribution in [0.1, 0.15) is 93.7 Å². The van der Waals surface area contributed by atoms with Crippen molar-refractivity contribution in [1.82, 2.24) is 0 Å². The van der Waals surface area contributed by atoms with Crippen molar-refractivity contribution in [2.75, 3.05) is 0 Å². The molecule has 2 saturated carbocycles. The van der Waals surface area contributed by atoms with Crippen LogP contribution in [-0.2, 0) is 15.6 Å². The van der Waals surface area contributed by atoms with Crippen molar-refractivity contribution >= 4 is 57.8 Å². The van der Waals surface area contributed by atoms with E-state index in [1.807, 2.05) is 22.7 Å². The summed E-state index contributed by atoms with van der Waals surface area (Å²) in [6, 6.07) is 23.1. The molecule has 0 nitrogen and oxygen atoms in total. The maximum atomic E-state index is 8.94. The Morgan fingerprint density at radius 2 is 1.02 bits per heavy atom. The Kier molecular flexibility index (Phi) is 8.90. The average Bonchev–Trinajstić information content (AvgIpc) is 3.90. The fraction of sp³-hybridized carbons (Fsp3) is 0.400. The molecular formula is C40H45Cl2S2SiZr. The monoisotopic (exact) mass is 777 g/mol. The van der Waals surface area contributed by atoms with E-state index in [0.29, 0.717) is 11.8 Å². The summed E-state index contributed by atoms with van der Waals surface area (Å²) in [4.78, 5) is 2.71. The predicted molar refractivity (Wildman–Crippen MR) is 205 cm³/mol. The first kappa shape index (κ1) is 32.2. The molecule has 239 valence electrons. The zero-order chi connectivity index (χ0) is 31.5. The molecule has 0 spiro atoms. The molecule has 0 radical (unpaired) electrons. The summed E-state index contributed by atoms with van der Waals surface area (Å²) in [6.07, 6.45) is 18.4. The Morgan fingerprint density at radius 3 is 1.39 bits per heavy atom. The average molecular weight is 780 g/mol. The van der Waals surface area contributed by atoms with Crippen LogP contribution in [0.2, 0.25) is 13.1 Å². The predicted octanol–water partition coefficient (Wildman–Crippen LogP) is 13.9. The molecule has 0 saturated heterocycles. The Hall–Kier alpha value is -1.000. The minimum absolute atomic E-state index is 0.183. The number of hydrogen-bond donors (Lipinski definition) is 0. The van der Waals surface area contributed by atoms with Crippen LogP contribution in [0.4, 0.5) is 0 Å². The van der Waals surface area contributed by atoms with E-state index in [2.05, 4.69) is 96.7 Å². The number of fused-ring (bicyclic) bond motifs is 2. The molecule has 2 unspecified atom stereocenters. The van der Waals surface area contributed by atoms with Crippen molar-refractivity contribution in [2.24, 2.45) is 11.8 Å². The van der Waals surface area contributed by atoms with Crippen molar-refractivity contribution in [2.45, 2.75) is 84.6 Å². The van der Waals surface area contributed by atoms with Gasteiger partial charge in [-0.2, -0.15) is 0 Å². The van der Waals surface area contributed by atoms with E-state index in [1.54, 1.807) is 11.1 Å². The van der Waals surface area contributed by atoms with Gasteiger partial charge in [0.2, 0.25) is 0 Å². The first-order chi connectivity index (χ1) is 22.4. The topological polar surface area (TPSA) is 0 Å². The van der Waals surface area contributed by atoms with Crippen LogP contribution in [0.3, 0.4) is 0 Å². The van der Waals surface area contributed by atoms with Gasteiger partial charge < -0.3 is 0 Å². The molecule has 0 aliphatic heterocycles. The van der Waals surface area contributed by atoms with Gasteiger partial charge in [0.25, 0.3) is 0 Å². The van der Waals surface area contributed by atoms with E-state index < -0.39 is 21.5 Å². The van der Waals surface area contributed by atoms with Crippen molar-refractivity contribution in [3.63, 3.8) is 0 Å². The number of allylic oxidation sites excluding steroid dienone is 2. The van der Waals surface area contributed by atoms with E-state index >= 15 is 0 Å². The zero-order valence-corrected chi connectivity index (χ0v) is 33.9. The number of hydrogen-bond acceptors (Lipinski definition) is 2. The number of halogens is 2. The molecule has 4 aliphatic rings. The van der Waals surface area contributed by atoms with Gasteiger partial charge in [-0.05, 0) is 0 Å². The van der Waals surface area contributed by atoms with Gasteiger partial charge in [0.05, 0.1) is 0 Å². The minimum atomic E-state index is -4.86. The SMILES string of the molecule is C[SiH](C)[Zr]([Cl])([Cl])([CH]1C(C2CCCCC2)=Cc2c(-c3cccs3)cccc21)[CH]1C(C2CCCCC2)=Cc2c(-c3cccs3)cccc21. The molecule has 2 aromatic carbocycles. The van der Waals surface area contributed by atoms with E-state index in [-0.39, 0.29) is 7.25 Å². The summed E-state index contributed by atoms with van der Waals surface area (Å²) in [5.41, 5.74) is 11.7. The molecule has 4 aromatic rings. The molecule has 8 rings (SSSR count). The molecule has 2 atom stereocenters. The quantitative estimate of drug-likeness (QED) is 0.164. The van der Waals surface area contributed by atoms with Gasteiger partial charge >= 0.3 is 295 Å². The van der Waals surface area contributed by atoms with Gasteiger partial charge in [0.15, 0.2) is 0 Å². The zero-order valence-electron chi connectivity index (χ0n) is 27.1. The van der Waals surface area contributed by atoms with E-state index in [1.165, 1.54) is 107 Å². The van der Waals surface area contributed by atoms with Crippen LogP contribution in [-0.4, -0.2) is 5.92 Å². The fourth-order valence-corrected chi connectivity index (χ4v) is 42.3. The third-order valence-corrected chi connectivity index (χ3v) is 65.6. The molecule has 2 fully saturated rings. The summed E-state index contributed by atoms with van der Waals surface area (Å²) >= 11 is -1.16. The summed E-state index contributed by atoms with van der Waals surface area (Å²) in [6.45, 7) is 5.06. The number of thiophene rings is 2. The normalized spacial score (nSPS) is 23.1. The first-order valence-corrected chi connectivity index (χ1v) is 35.8. The molecule has 6 heteroatoms. The number of rotatable bonds is 7. The standard InChI is InChI=1S/2C19H19S.C2H7Si.2ClH.Zr/c2*1-2-6-14(7-3-1)16-12-15-8-4-9-17(18(15)13-16)19-10-5-11-20-19;1-3-2;;;/h2*4-5,8-14H,1-3,6-7H2;3H,1-2H3;2*1H;/q;;;;;+2/p-2. The van der Waals surface area contributed by atoms with Crippen LogP contribution in [0.15, 0.2) is 82.6 Å². The fourth-order valence-electron chi connectivity index (χ4n) is 9.79. The summed E-state index contributed by atoms with van der Waals surface area (Å²) in [5, 5.41) is 4.42. The molecule has 2 heterocycles. The molecule has 46 heavy (non-hydrogen) atoms. The van der Waals surface area contributed by atoms with Crippen LogP contribution in [0, 0.1) is 11.8 Å². The third kappa shape index (κ3) is 5.18. The molecule has 0 bridgehead atoms. The van der Waals surface area contributed by atoms with Crippen molar-refractivity contribution in [3.05, 3.63) is 105 Å². The van der Waals surface area contributed by atoms with Gasteiger partial charge in [-0.3, -0.25) is 0 Å². The first-order valence-electron chi connectivity index (χ1n) is 17.7. The van der Waals surface area contributed by atoms with Gasteiger partial charge in [-0.25, -0.2) is 0 Å². The van der Waals surface area contributed by atoms with E-state index in [0.717, 1.165) is 0 Å². The maximum absolute atomic E-state index is 8.94. The van der Waals surface area contributed by atoms with Gasteiger partial charge in [0.1, 0.15) is 0 Å². The second-order valence-corrected chi connectivity index (χ2v) is 59.2.